The van der Waals surface area contributed by atoms with Gasteiger partial charge in [0, 0.05) is 17.7 Å². The van der Waals surface area contributed by atoms with Crippen LogP contribution in [0.25, 0.3) is 11.5 Å². The quantitative estimate of drug-likeness (QED) is 0.689. The van der Waals surface area contributed by atoms with Crippen LogP contribution in [0, 0.1) is 5.82 Å². The molecular formula is C20H18FN3O4. The second-order valence-electron chi connectivity index (χ2n) is 6.30. The fourth-order valence-corrected chi connectivity index (χ4v) is 2.98. The maximum Gasteiger partial charge on any atom is 0.258 e. The van der Waals surface area contributed by atoms with Crippen molar-refractivity contribution in [3.05, 3.63) is 65.7 Å². The van der Waals surface area contributed by atoms with Crippen molar-refractivity contribution in [2.45, 2.75) is 6.10 Å². The van der Waals surface area contributed by atoms with Gasteiger partial charge in [-0.25, -0.2) is 4.39 Å². The lowest BCUT2D eigenvalue weighted by atomic mass is 10.1. The summed E-state index contributed by atoms with van der Waals surface area (Å²) >= 11 is 0. The molecule has 1 atom stereocenters. The number of nitrogens with zero attached hydrogens (tertiary/aromatic N) is 3. The lowest BCUT2D eigenvalue weighted by Crippen LogP contribution is -2.42. The first-order valence-electron chi connectivity index (χ1n) is 8.78. The maximum atomic E-state index is 13.1. The molecule has 0 bridgehead atoms. The number of amides is 1. The summed E-state index contributed by atoms with van der Waals surface area (Å²) in [7, 11) is 1.60. The molecule has 1 aliphatic heterocycles. The van der Waals surface area contributed by atoms with Gasteiger partial charge in [-0.3, -0.25) is 4.79 Å². The summed E-state index contributed by atoms with van der Waals surface area (Å²) in [4.78, 5) is 18.7. The van der Waals surface area contributed by atoms with Gasteiger partial charge in [-0.2, -0.15) is 4.98 Å². The third kappa shape index (κ3) is 3.72. The van der Waals surface area contributed by atoms with E-state index in [1.165, 1.54) is 24.3 Å². The molecule has 1 aliphatic rings. The molecule has 0 saturated carbocycles. The van der Waals surface area contributed by atoms with Crippen LogP contribution in [0.5, 0.6) is 5.75 Å². The van der Waals surface area contributed by atoms with Crippen molar-refractivity contribution >= 4 is 5.91 Å². The van der Waals surface area contributed by atoms with Crippen LogP contribution in [0.2, 0.25) is 0 Å². The summed E-state index contributed by atoms with van der Waals surface area (Å²) in [6, 6.07) is 12.7. The standard InChI is InChI=1S/C20H18FN3O4/c1-26-16-8-4-13(5-9-16)19-22-18(23-28-19)17-12-24(10-11-27-17)20(25)14-2-6-15(21)7-3-14/h2-9,17H,10-12H2,1H3/t17-/m1/s1. The van der Waals surface area contributed by atoms with Gasteiger partial charge in [0.05, 0.1) is 20.3 Å². The molecule has 3 aromatic rings. The smallest absolute Gasteiger partial charge is 0.258 e. The Hall–Kier alpha value is -3.26. The topological polar surface area (TPSA) is 77.7 Å². The van der Waals surface area contributed by atoms with E-state index in [0.717, 1.165) is 11.3 Å². The van der Waals surface area contributed by atoms with E-state index in [2.05, 4.69) is 10.1 Å². The molecule has 0 spiro atoms. The zero-order valence-corrected chi connectivity index (χ0v) is 15.2. The second kappa shape index (κ2) is 7.77. The lowest BCUT2D eigenvalue weighted by Gasteiger charge is -2.31. The highest BCUT2D eigenvalue weighted by atomic mass is 19.1. The van der Waals surface area contributed by atoms with Gasteiger partial charge in [0.1, 0.15) is 17.7 Å². The number of ether oxygens (including phenoxy) is 2. The SMILES string of the molecule is COc1ccc(-c2nc([C@H]3CN(C(=O)c4ccc(F)cc4)CCO3)no2)cc1. The van der Waals surface area contributed by atoms with Gasteiger partial charge in [0.25, 0.3) is 11.8 Å². The molecule has 1 fully saturated rings. The summed E-state index contributed by atoms with van der Waals surface area (Å²) in [5, 5.41) is 4.01. The predicted molar refractivity (Wildman–Crippen MR) is 97.3 cm³/mol. The molecule has 1 saturated heterocycles. The van der Waals surface area contributed by atoms with Gasteiger partial charge in [-0.15, -0.1) is 0 Å². The average Bonchev–Trinajstić information content (AvgIpc) is 3.24. The molecule has 1 amide bonds. The Balaban J connectivity index is 1.48. The van der Waals surface area contributed by atoms with Crippen LogP contribution in [0.3, 0.4) is 0 Å². The van der Waals surface area contributed by atoms with Crippen LogP contribution in [0.1, 0.15) is 22.3 Å². The summed E-state index contributed by atoms with van der Waals surface area (Å²) in [6.45, 7) is 1.08. The molecular weight excluding hydrogens is 365 g/mol. The number of aromatic nitrogens is 2. The first-order valence-corrected chi connectivity index (χ1v) is 8.78. The van der Waals surface area contributed by atoms with E-state index in [9.17, 15) is 9.18 Å². The zero-order valence-electron chi connectivity index (χ0n) is 15.2. The van der Waals surface area contributed by atoms with Gasteiger partial charge in [-0.05, 0) is 48.5 Å². The van der Waals surface area contributed by atoms with Crippen molar-refractivity contribution in [2.75, 3.05) is 26.8 Å². The third-order valence-electron chi connectivity index (χ3n) is 4.51. The summed E-state index contributed by atoms with van der Waals surface area (Å²) in [5.74, 6) is 0.904. The number of methoxy groups -OCH3 is 1. The zero-order chi connectivity index (χ0) is 19.5. The van der Waals surface area contributed by atoms with E-state index in [0.29, 0.717) is 30.4 Å². The van der Waals surface area contributed by atoms with E-state index >= 15 is 0 Å². The Labute approximate surface area is 160 Å². The number of rotatable bonds is 4. The van der Waals surface area contributed by atoms with Crippen LogP contribution in [-0.4, -0.2) is 47.8 Å². The molecule has 2 aromatic carbocycles. The second-order valence-corrected chi connectivity index (χ2v) is 6.30. The van der Waals surface area contributed by atoms with Gasteiger partial charge in [0.15, 0.2) is 0 Å². The molecule has 144 valence electrons. The van der Waals surface area contributed by atoms with E-state index in [1.807, 2.05) is 12.1 Å². The lowest BCUT2D eigenvalue weighted by molar-refractivity contribution is -0.0276. The minimum atomic E-state index is -0.492. The number of morpholine rings is 1. The third-order valence-corrected chi connectivity index (χ3v) is 4.51. The van der Waals surface area contributed by atoms with Crippen molar-refractivity contribution in [3.63, 3.8) is 0 Å². The number of hydrogen-bond donors (Lipinski definition) is 0. The normalized spacial score (nSPS) is 16.8. The van der Waals surface area contributed by atoms with E-state index in [4.69, 9.17) is 14.0 Å². The van der Waals surface area contributed by atoms with E-state index < -0.39 is 6.10 Å². The van der Waals surface area contributed by atoms with Gasteiger partial charge in [0.2, 0.25) is 5.82 Å². The molecule has 0 N–H and O–H groups in total. The number of carbonyl (C=O) groups excluding carboxylic acids is 1. The van der Waals surface area contributed by atoms with Crippen LogP contribution < -0.4 is 4.74 Å². The van der Waals surface area contributed by atoms with Crippen LogP contribution in [0.4, 0.5) is 4.39 Å². The fourth-order valence-electron chi connectivity index (χ4n) is 2.98. The maximum absolute atomic E-state index is 13.1. The average molecular weight is 383 g/mol. The molecule has 7 nitrogen and oxygen atoms in total. The number of benzene rings is 2. The molecule has 0 unspecified atom stereocenters. The minimum absolute atomic E-state index is 0.188. The Morgan fingerprint density at radius 1 is 1.18 bits per heavy atom. The van der Waals surface area contributed by atoms with Crippen LogP contribution >= 0.6 is 0 Å². The molecule has 0 aliphatic carbocycles. The Bertz CT molecular complexity index is 956. The van der Waals surface area contributed by atoms with Crippen LogP contribution in [-0.2, 0) is 4.74 Å². The predicted octanol–water partition coefficient (Wildman–Crippen LogP) is 3.10. The van der Waals surface area contributed by atoms with Gasteiger partial charge >= 0.3 is 0 Å². The number of hydrogen-bond acceptors (Lipinski definition) is 6. The highest BCUT2D eigenvalue weighted by molar-refractivity contribution is 5.94. The highest BCUT2D eigenvalue weighted by Gasteiger charge is 2.29. The first-order chi connectivity index (χ1) is 13.6. The van der Waals surface area contributed by atoms with Gasteiger partial charge in [-0.1, -0.05) is 5.16 Å². The highest BCUT2D eigenvalue weighted by Crippen LogP contribution is 2.25. The molecule has 1 aromatic heterocycles. The fraction of sp³-hybridized carbons (Fsp3) is 0.250. The summed E-state index contributed by atoms with van der Waals surface area (Å²) < 4.78 is 29.3. The molecule has 0 radical (unpaired) electrons. The molecule has 8 heteroatoms. The largest absolute Gasteiger partial charge is 0.497 e. The van der Waals surface area contributed by atoms with Crippen molar-refractivity contribution in [2.24, 2.45) is 0 Å². The monoisotopic (exact) mass is 383 g/mol. The Morgan fingerprint density at radius 3 is 2.64 bits per heavy atom. The van der Waals surface area contributed by atoms with Gasteiger partial charge < -0.3 is 18.9 Å². The van der Waals surface area contributed by atoms with E-state index in [-0.39, 0.29) is 18.3 Å². The van der Waals surface area contributed by atoms with Crippen molar-refractivity contribution in [3.8, 4) is 17.2 Å². The summed E-state index contributed by atoms with van der Waals surface area (Å²) in [6.07, 6.45) is -0.492. The Morgan fingerprint density at radius 2 is 1.93 bits per heavy atom. The minimum Gasteiger partial charge on any atom is -0.497 e. The molecule has 4 rings (SSSR count). The van der Waals surface area contributed by atoms with E-state index in [1.54, 1.807) is 24.1 Å². The van der Waals surface area contributed by atoms with Crippen molar-refractivity contribution in [1.82, 2.24) is 15.0 Å². The Kier molecular flexibility index (Phi) is 5.03. The molecule has 2 heterocycles. The van der Waals surface area contributed by atoms with Crippen molar-refractivity contribution < 1.29 is 23.2 Å². The molecule has 28 heavy (non-hydrogen) atoms. The first kappa shape index (κ1) is 18.1. The summed E-state index contributed by atoms with van der Waals surface area (Å²) in [5.41, 5.74) is 1.18. The number of carbonyl (C=O) groups is 1. The number of halogens is 1. The van der Waals surface area contributed by atoms with Crippen LogP contribution in [0.15, 0.2) is 53.1 Å². The van der Waals surface area contributed by atoms with Crippen molar-refractivity contribution in [1.29, 1.82) is 0 Å².